The first kappa shape index (κ1) is 17.3. The molecule has 0 amide bonds. The summed E-state index contributed by atoms with van der Waals surface area (Å²) in [6.45, 7) is 6.53. The summed E-state index contributed by atoms with van der Waals surface area (Å²) in [7, 11) is -4.05. The Balaban J connectivity index is 2.42. The molecule has 0 aromatic carbocycles. The lowest BCUT2D eigenvalue weighted by Crippen LogP contribution is -2.49. The predicted molar refractivity (Wildman–Crippen MR) is 74.8 cm³/mol. The van der Waals surface area contributed by atoms with Crippen molar-refractivity contribution in [3.8, 4) is 0 Å². The minimum absolute atomic E-state index is 0.155. The third-order valence-corrected chi connectivity index (χ3v) is 6.32. The van der Waals surface area contributed by atoms with Crippen LogP contribution in [0.15, 0.2) is 11.2 Å². The van der Waals surface area contributed by atoms with Crippen molar-refractivity contribution < 1.29 is 21.6 Å². The first-order valence-electron chi connectivity index (χ1n) is 7.05. The maximum Gasteiger partial charge on any atom is 0.393 e. The molecule has 1 saturated heterocycles. The van der Waals surface area contributed by atoms with Crippen molar-refractivity contribution in [2.45, 2.75) is 57.4 Å². The van der Waals surface area contributed by atoms with Gasteiger partial charge in [0.2, 0.25) is 0 Å². The van der Waals surface area contributed by atoms with Crippen LogP contribution in [0.3, 0.4) is 0 Å². The summed E-state index contributed by atoms with van der Waals surface area (Å²) in [4.78, 5) is 4.00. The minimum atomic E-state index is -4.42. The summed E-state index contributed by atoms with van der Waals surface area (Å²) >= 11 is 0. The Morgan fingerprint density at radius 2 is 2.00 bits per heavy atom. The lowest BCUT2D eigenvalue weighted by atomic mass is 9.89. The van der Waals surface area contributed by atoms with Crippen LogP contribution < -0.4 is 0 Å². The zero-order valence-corrected chi connectivity index (χ0v) is 13.8. The van der Waals surface area contributed by atoms with Crippen molar-refractivity contribution in [3.63, 3.8) is 0 Å². The summed E-state index contributed by atoms with van der Waals surface area (Å²) in [5.41, 5.74) is -1.53. The number of hydrogen-bond donors (Lipinski definition) is 0. The van der Waals surface area contributed by atoms with E-state index in [-0.39, 0.29) is 18.0 Å². The second-order valence-electron chi connectivity index (χ2n) is 6.03. The van der Waals surface area contributed by atoms with E-state index in [2.05, 4.69) is 4.98 Å². The van der Waals surface area contributed by atoms with E-state index in [1.54, 1.807) is 11.5 Å². The van der Waals surface area contributed by atoms with E-state index < -0.39 is 27.7 Å². The first-order chi connectivity index (χ1) is 9.92. The average Bonchev–Trinajstić information content (AvgIpc) is 2.88. The molecule has 22 heavy (non-hydrogen) atoms. The van der Waals surface area contributed by atoms with Crippen molar-refractivity contribution in [1.29, 1.82) is 0 Å². The van der Waals surface area contributed by atoms with E-state index in [1.807, 2.05) is 6.92 Å². The van der Waals surface area contributed by atoms with Gasteiger partial charge in [0, 0.05) is 24.8 Å². The Bertz CT molecular complexity index is 665. The Hall–Kier alpha value is -1.09. The quantitative estimate of drug-likeness (QED) is 0.850. The van der Waals surface area contributed by atoms with E-state index in [0.717, 1.165) is 4.31 Å². The van der Waals surface area contributed by atoms with Gasteiger partial charge in [-0.15, -0.1) is 0 Å². The Morgan fingerprint density at radius 3 is 2.41 bits per heavy atom. The fraction of sp³-hybridized carbons (Fsp3) is 0.769. The molecule has 1 aliphatic heterocycles. The molecule has 0 saturated carbocycles. The Morgan fingerprint density at radius 1 is 1.41 bits per heavy atom. The van der Waals surface area contributed by atoms with Gasteiger partial charge in [0.15, 0.2) is 5.03 Å². The molecule has 0 bridgehead atoms. The zero-order valence-electron chi connectivity index (χ0n) is 13.0. The number of sulfonamides is 1. The standard InChI is InChI=1S/C13H20F3N3O2S/c1-5-18-8-11(17-9(18)2)22(20,21)19-7-6-10(12(19,3)4)13(14,15)16/h8,10H,5-7H2,1-4H3. The first-order valence-corrected chi connectivity index (χ1v) is 8.49. The fourth-order valence-electron chi connectivity index (χ4n) is 3.09. The van der Waals surface area contributed by atoms with E-state index in [4.69, 9.17) is 0 Å². The van der Waals surface area contributed by atoms with Gasteiger partial charge in [-0.1, -0.05) is 0 Å². The van der Waals surface area contributed by atoms with Crippen LogP contribution in [0, 0.1) is 12.8 Å². The van der Waals surface area contributed by atoms with Gasteiger partial charge in [-0.25, -0.2) is 13.4 Å². The molecule has 0 aliphatic carbocycles. The number of halogens is 3. The largest absolute Gasteiger partial charge is 0.393 e. The number of aromatic nitrogens is 2. The van der Waals surface area contributed by atoms with E-state index in [9.17, 15) is 21.6 Å². The predicted octanol–water partition coefficient (Wildman–Crippen LogP) is 2.56. The monoisotopic (exact) mass is 339 g/mol. The zero-order chi connectivity index (χ0) is 16.9. The minimum Gasteiger partial charge on any atom is -0.334 e. The van der Waals surface area contributed by atoms with Crippen LogP contribution in [-0.4, -0.2) is 40.5 Å². The van der Waals surface area contributed by atoms with Gasteiger partial charge < -0.3 is 4.57 Å². The molecular formula is C13H20F3N3O2S. The van der Waals surface area contributed by atoms with Gasteiger partial charge in [-0.05, 0) is 34.1 Å². The molecule has 2 rings (SSSR count). The molecule has 1 atom stereocenters. The van der Waals surface area contributed by atoms with E-state index in [0.29, 0.717) is 12.4 Å². The molecule has 1 unspecified atom stereocenters. The molecule has 1 aromatic heterocycles. The smallest absolute Gasteiger partial charge is 0.334 e. The second kappa shape index (κ2) is 5.23. The molecule has 2 heterocycles. The molecule has 0 spiro atoms. The summed E-state index contributed by atoms with van der Waals surface area (Å²) in [6.07, 6.45) is -3.28. The lowest BCUT2D eigenvalue weighted by molar-refractivity contribution is -0.188. The maximum absolute atomic E-state index is 13.1. The number of rotatable bonds is 3. The summed E-state index contributed by atoms with van der Waals surface area (Å²) < 4.78 is 67.3. The van der Waals surface area contributed by atoms with Crippen molar-refractivity contribution in [2.24, 2.45) is 5.92 Å². The van der Waals surface area contributed by atoms with Crippen LogP contribution in [0.4, 0.5) is 13.2 Å². The van der Waals surface area contributed by atoms with Gasteiger partial charge in [-0.3, -0.25) is 0 Å². The number of alkyl halides is 3. The van der Waals surface area contributed by atoms with Gasteiger partial charge in [0.1, 0.15) is 5.82 Å². The van der Waals surface area contributed by atoms with Crippen LogP contribution in [0.2, 0.25) is 0 Å². The van der Waals surface area contributed by atoms with Crippen molar-refractivity contribution in [1.82, 2.24) is 13.9 Å². The molecule has 5 nitrogen and oxygen atoms in total. The number of hydrogen-bond acceptors (Lipinski definition) is 3. The highest BCUT2D eigenvalue weighted by atomic mass is 32.2. The van der Waals surface area contributed by atoms with E-state index >= 15 is 0 Å². The lowest BCUT2D eigenvalue weighted by Gasteiger charge is -2.35. The van der Waals surface area contributed by atoms with Crippen LogP contribution in [0.1, 0.15) is 33.0 Å². The van der Waals surface area contributed by atoms with Crippen LogP contribution in [0.25, 0.3) is 0 Å². The highest BCUT2D eigenvalue weighted by Gasteiger charge is 2.58. The van der Waals surface area contributed by atoms with E-state index in [1.165, 1.54) is 20.0 Å². The summed E-state index contributed by atoms with van der Waals surface area (Å²) in [6, 6.07) is 0. The van der Waals surface area contributed by atoms with Gasteiger partial charge >= 0.3 is 6.18 Å². The molecule has 1 aromatic rings. The molecule has 0 radical (unpaired) electrons. The molecule has 0 N–H and O–H groups in total. The van der Waals surface area contributed by atoms with Gasteiger partial charge in [0.25, 0.3) is 10.0 Å². The second-order valence-corrected chi connectivity index (χ2v) is 7.84. The third kappa shape index (κ3) is 2.64. The SMILES string of the molecule is CCn1cc(S(=O)(=O)N2CCC(C(F)(F)F)C2(C)C)nc1C. The van der Waals surface area contributed by atoms with Crippen LogP contribution in [-0.2, 0) is 16.6 Å². The molecule has 1 fully saturated rings. The van der Waals surface area contributed by atoms with Crippen LogP contribution in [0.5, 0.6) is 0 Å². The number of imidazole rings is 1. The summed E-state index contributed by atoms with van der Waals surface area (Å²) in [5, 5.41) is -0.192. The van der Waals surface area contributed by atoms with Crippen molar-refractivity contribution in [3.05, 3.63) is 12.0 Å². The summed E-state index contributed by atoms with van der Waals surface area (Å²) in [5.74, 6) is -1.16. The fourth-order valence-corrected chi connectivity index (χ4v) is 4.92. The van der Waals surface area contributed by atoms with Gasteiger partial charge in [0.05, 0.1) is 5.92 Å². The third-order valence-electron chi connectivity index (χ3n) is 4.36. The van der Waals surface area contributed by atoms with Gasteiger partial charge in [-0.2, -0.15) is 17.5 Å². The Labute approximate surface area is 128 Å². The Kier molecular flexibility index (Phi) is 4.10. The van der Waals surface area contributed by atoms with Crippen molar-refractivity contribution in [2.75, 3.05) is 6.54 Å². The normalized spacial score (nSPS) is 23.1. The highest BCUT2D eigenvalue weighted by molar-refractivity contribution is 7.89. The van der Waals surface area contributed by atoms with Crippen molar-refractivity contribution >= 4 is 10.0 Å². The molecule has 9 heteroatoms. The molecule has 1 aliphatic rings. The molecular weight excluding hydrogens is 319 g/mol. The average molecular weight is 339 g/mol. The highest BCUT2D eigenvalue weighted by Crippen LogP contribution is 2.46. The molecule has 126 valence electrons. The number of nitrogens with zero attached hydrogens (tertiary/aromatic N) is 3. The maximum atomic E-state index is 13.1. The van der Waals surface area contributed by atoms with Crippen LogP contribution >= 0.6 is 0 Å². The topological polar surface area (TPSA) is 55.2 Å². The number of aryl methyl sites for hydroxylation is 2.